The molecular formula is C14H29NO2. The third kappa shape index (κ3) is 8.58. The maximum Gasteiger partial charge on any atom is 0.0808 e. The Hall–Kier alpha value is -0.120. The lowest BCUT2D eigenvalue weighted by molar-refractivity contribution is -0.0399. The second kappa shape index (κ2) is 8.06. The van der Waals surface area contributed by atoms with Gasteiger partial charge < -0.3 is 14.8 Å². The van der Waals surface area contributed by atoms with Gasteiger partial charge in [0.2, 0.25) is 0 Å². The second-order valence-electron chi connectivity index (χ2n) is 6.12. The molecule has 1 saturated heterocycles. The van der Waals surface area contributed by atoms with E-state index in [1.54, 1.807) is 0 Å². The molecule has 3 heteroatoms. The highest BCUT2D eigenvalue weighted by molar-refractivity contribution is 4.64. The molecule has 1 aliphatic rings. The molecule has 17 heavy (non-hydrogen) atoms. The van der Waals surface area contributed by atoms with E-state index in [9.17, 15) is 0 Å². The van der Waals surface area contributed by atoms with Crippen LogP contribution in [0.4, 0.5) is 0 Å². The number of ether oxygens (including phenoxy) is 2. The topological polar surface area (TPSA) is 30.5 Å². The molecule has 102 valence electrons. The zero-order valence-corrected chi connectivity index (χ0v) is 11.8. The Balaban J connectivity index is 1.84. The molecule has 1 atom stereocenters. The number of hydrogen-bond donors (Lipinski definition) is 1. The van der Waals surface area contributed by atoms with Gasteiger partial charge in [-0.25, -0.2) is 0 Å². The van der Waals surface area contributed by atoms with Crippen molar-refractivity contribution in [2.24, 2.45) is 5.41 Å². The van der Waals surface area contributed by atoms with E-state index in [0.29, 0.717) is 11.5 Å². The summed E-state index contributed by atoms with van der Waals surface area (Å²) in [6.07, 6.45) is 5.22. The van der Waals surface area contributed by atoms with E-state index in [2.05, 4.69) is 26.1 Å². The van der Waals surface area contributed by atoms with E-state index in [-0.39, 0.29) is 0 Å². The van der Waals surface area contributed by atoms with Gasteiger partial charge in [0.1, 0.15) is 0 Å². The highest BCUT2D eigenvalue weighted by atomic mass is 16.5. The Labute approximate surface area is 106 Å². The molecule has 0 aromatic heterocycles. The lowest BCUT2D eigenvalue weighted by atomic mass is 9.92. The Morgan fingerprint density at radius 3 is 2.71 bits per heavy atom. The van der Waals surface area contributed by atoms with Crippen LogP contribution < -0.4 is 5.32 Å². The zero-order valence-electron chi connectivity index (χ0n) is 11.8. The maximum atomic E-state index is 5.62. The lowest BCUT2D eigenvalue weighted by Gasteiger charge is -2.22. The standard InChI is InChI=1S/C14H29NO2/c1-14(2,3)7-8-15-9-11-16-12-13-6-4-5-10-17-13/h13,15H,4-12H2,1-3H3. The third-order valence-electron chi connectivity index (χ3n) is 3.05. The molecule has 1 fully saturated rings. The average Bonchev–Trinajstić information content (AvgIpc) is 2.28. The lowest BCUT2D eigenvalue weighted by Crippen LogP contribution is -2.28. The molecule has 0 aromatic rings. The highest BCUT2D eigenvalue weighted by Gasteiger charge is 2.13. The van der Waals surface area contributed by atoms with Crippen LogP contribution in [0, 0.1) is 5.41 Å². The first-order chi connectivity index (χ1) is 8.08. The smallest absolute Gasteiger partial charge is 0.0808 e. The fourth-order valence-electron chi connectivity index (χ4n) is 1.89. The summed E-state index contributed by atoms with van der Waals surface area (Å²) in [7, 11) is 0. The molecule has 1 unspecified atom stereocenters. The second-order valence-corrected chi connectivity index (χ2v) is 6.12. The van der Waals surface area contributed by atoms with Crippen LogP contribution in [0.15, 0.2) is 0 Å². The molecule has 0 aliphatic carbocycles. The van der Waals surface area contributed by atoms with E-state index in [1.165, 1.54) is 19.3 Å². The van der Waals surface area contributed by atoms with Gasteiger partial charge in [0.15, 0.2) is 0 Å². The first-order valence-corrected chi connectivity index (χ1v) is 6.98. The van der Waals surface area contributed by atoms with Crippen LogP contribution in [-0.4, -0.2) is 39.0 Å². The minimum absolute atomic E-state index is 0.346. The molecule has 0 aromatic carbocycles. The molecule has 1 N–H and O–H groups in total. The number of rotatable bonds is 7. The van der Waals surface area contributed by atoms with Crippen molar-refractivity contribution >= 4 is 0 Å². The van der Waals surface area contributed by atoms with Gasteiger partial charge in [0.25, 0.3) is 0 Å². The van der Waals surface area contributed by atoms with Crippen molar-refractivity contribution < 1.29 is 9.47 Å². The van der Waals surface area contributed by atoms with Gasteiger partial charge in [0, 0.05) is 13.2 Å². The molecule has 1 aliphatic heterocycles. The normalized spacial score (nSPS) is 21.7. The van der Waals surface area contributed by atoms with Gasteiger partial charge in [0.05, 0.1) is 19.3 Å². The van der Waals surface area contributed by atoms with Gasteiger partial charge in [-0.3, -0.25) is 0 Å². The summed E-state index contributed by atoms with van der Waals surface area (Å²) >= 11 is 0. The fourth-order valence-corrected chi connectivity index (χ4v) is 1.89. The summed E-state index contributed by atoms with van der Waals surface area (Å²) < 4.78 is 11.2. The SMILES string of the molecule is CC(C)(C)CCNCCOCC1CCCCO1. The van der Waals surface area contributed by atoms with Gasteiger partial charge in [-0.05, 0) is 37.6 Å². The molecule has 0 spiro atoms. The number of nitrogens with one attached hydrogen (secondary N) is 1. The van der Waals surface area contributed by atoms with Crippen LogP contribution in [0.3, 0.4) is 0 Å². The van der Waals surface area contributed by atoms with E-state index in [1.807, 2.05) is 0 Å². The minimum atomic E-state index is 0.346. The molecule has 0 bridgehead atoms. The fraction of sp³-hybridized carbons (Fsp3) is 1.00. The van der Waals surface area contributed by atoms with E-state index < -0.39 is 0 Å². The van der Waals surface area contributed by atoms with Crippen LogP contribution in [0.2, 0.25) is 0 Å². The summed E-state index contributed by atoms with van der Waals surface area (Å²) in [6, 6.07) is 0. The van der Waals surface area contributed by atoms with Gasteiger partial charge in [-0.2, -0.15) is 0 Å². The van der Waals surface area contributed by atoms with Crippen LogP contribution in [0.25, 0.3) is 0 Å². The van der Waals surface area contributed by atoms with Crippen LogP contribution in [-0.2, 0) is 9.47 Å². The molecule has 0 radical (unpaired) electrons. The predicted molar refractivity (Wildman–Crippen MR) is 71.4 cm³/mol. The van der Waals surface area contributed by atoms with Crippen molar-refractivity contribution in [2.75, 3.05) is 32.9 Å². The summed E-state index contributed by atoms with van der Waals surface area (Å²) in [5.74, 6) is 0. The van der Waals surface area contributed by atoms with Gasteiger partial charge in [-0.15, -0.1) is 0 Å². The van der Waals surface area contributed by atoms with Crippen molar-refractivity contribution in [3.63, 3.8) is 0 Å². The Morgan fingerprint density at radius 1 is 1.24 bits per heavy atom. The maximum absolute atomic E-state index is 5.62. The predicted octanol–water partition coefficient (Wildman–Crippen LogP) is 2.60. The third-order valence-corrected chi connectivity index (χ3v) is 3.05. The van der Waals surface area contributed by atoms with Gasteiger partial charge >= 0.3 is 0 Å². The first kappa shape index (κ1) is 14.9. The van der Waals surface area contributed by atoms with Crippen molar-refractivity contribution in [3.05, 3.63) is 0 Å². The summed E-state index contributed by atoms with van der Waals surface area (Å²) in [4.78, 5) is 0. The van der Waals surface area contributed by atoms with E-state index in [4.69, 9.17) is 9.47 Å². The van der Waals surface area contributed by atoms with E-state index in [0.717, 1.165) is 39.3 Å². The number of hydrogen-bond acceptors (Lipinski definition) is 3. The van der Waals surface area contributed by atoms with E-state index >= 15 is 0 Å². The molecular weight excluding hydrogens is 214 g/mol. The summed E-state index contributed by atoms with van der Waals surface area (Å²) in [5, 5.41) is 3.41. The minimum Gasteiger partial charge on any atom is -0.377 e. The monoisotopic (exact) mass is 243 g/mol. The molecule has 0 saturated carbocycles. The average molecular weight is 243 g/mol. The quantitative estimate of drug-likeness (QED) is 0.697. The summed E-state index contributed by atoms with van der Waals surface area (Å²) in [5.41, 5.74) is 0.420. The molecule has 1 rings (SSSR count). The Bertz CT molecular complexity index is 183. The largest absolute Gasteiger partial charge is 0.377 e. The van der Waals surface area contributed by atoms with Crippen molar-refractivity contribution in [3.8, 4) is 0 Å². The van der Waals surface area contributed by atoms with Crippen molar-refractivity contribution in [2.45, 2.75) is 52.6 Å². The van der Waals surface area contributed by atoms with Crippen LogP contribution >= 0.6 is 0 Å². The molecule has 3 nitrogen and oxygen atoms in total. The molecule has 1 heterocycles. The van der Waals surface area contributed by atoms with Crippen molar-refractivity contribution in [1.82, 2.24) is 5.32 Å². The Kier molecular flexibility index (Phi) is 7.09. The zero-order chi connectivity index (χ0) is 12.6. The van der Waals surface area contributed by atoms with Crippen LogP contribution in [0.5, 0.6) is 0 Å². The van der Waals surface area contributed by atoms with Crippen LogP contribution in [0.1, 0.15) is 46.5 Å². The highest BCUT2D eigenvalue weighted by Crippen LogP contribution is 2.16. The first-order valence-electron chi connectivity index (χ1n) is 6.98. The molecule has 0 amide bonds. The summed E-state index contributed by atoms with van der Waals surface area (Å²) in [6.45, 7) is 11.3. The van der Waals surface area contributed by atoms with Gasteiger partial charge in [-0.1, -0.05) is 20.8 Å². The van der Waals surface area contributed by atoms with Crippen molar-refractivity contribution in [1.29, 1.82) is 0 Å². The Morgan fingerprint density at radius 2 is 2.06 bits per heavy atom.